The summed E-state index contributed by atoms with van der Waals surface area (Å²) in [5.41, 5.74) is 7.42. The van der Waals surface area contributed by atoms with Crippen molar-refractivity contribution in [1.29, 1.82) is 0 Å². The molecule has 2 aromatic rings. The monoisotopic (exact) mass is 308 g/mol. The van der Waals surface area contributed by atoms with Crippen molar-refractivity contribution in [3.8, 4) is 0 Å². The van der Waals surface area contributed by atoms with Crippen LogP contribution in [0.4, 0.5) is 0 Å². The first-order chi connectivity index (χ1) is 9.88. The predicted molar refractivity (Wildman–Crippen MR) is 81.1 cm³/mol. The van der Waals surface area contributed by atoms with E-state index in [0.717, 1.165) is 11.3 Å². The molecule has 0 aliphatic rings. The maximum atomic E-state index is 12.2. The lowest BCUT2D eigenvalue weighted by molar-refractivity contribution is 0.580. The molecule has 3 N–H and O–H groups in total. The van der Waals surface area contributed by atoms with Crippen molar-refractivity contribution in [1.82, 2.24) is 14.5 Å². The summed E-state index contributed by atoms with van der Waals surface area (Å²) < 4.78 is 28.7. The Morgan fingerprint density at radius 3 is 2.76 bits per heavy atom. The normalized spacial score (nSPS) is 13.3. The summed E-state index contributed by atoms with van der Waals surface area (Å²) >= 11 is 0. The second-order valence-corrected chi connectivity index (χ2v) is 6.76. The summed E-state index contributed by atoms with van der Waals surface area (Å²) in [5.74, 6) is 0. The summed E-state index contributed by atoms with van der Waals surface area (Å²) in [6.45, 7) is 2.13. The average molecular weight is 308 g/mol. The van der Waals surface area contributed by atoms with Crippen LogP contribution in [-0.2, 0) is 23.5 Å². The first-order valence-electron chi connectivity index (χ1n) is 6.72. The second kappa shape index (κ2) is 6.38. The lowest BCUT2D eigenvalue weighted by Crippen LogP contribution is -2.26. The molecule has 0 amide bonds. The van der Waals surface area contributed by atoms with Gasteiger partial charge < -0.3 is 5.73 Å². The molecule has 0 saturated heterocycles. The summed E-state index contributed by atoms with van der Waals surface area (Å²) in [6, 6.07) is 8.35. The van der Waals surface area contributed by atoms with E-state index in [2.05, 4.69) is 9.82 Å². The third-order valence-electron chi connectivity index (χ3n) is 3.14. The van der Waals surface area contributed by atoms with Gasteiger partial charge in [-0.25, -0.2) is 13.1 Å². The minimum absolute atomic E-state index is 0.200. The van der Waals surface area contributed by atoms with E-state index in [9.17, 15) is 8.42 Å². The van der Waals surface area contributed by atoms with Crippen LogP contribution in [0.5, 0.6) is 0 Å². The Morgan fingerprint density at radius 1 is 1.38 bits per heavy atom. The Balaban J connectivity index is 2.03. The number of aromatic nitrogens is 2. The summed E-state index contributed by atoms with van der Waals surface area (Å²) in [4.78, 5) is 0.235. The van der Waals surface area contributed by atoms with Gasteiger partial charge in [-0.05, 0) is 30.7 Å². The molecular weight excluding hydrogens is 288 g/mol. The van der Waals surface area contributed by atoms with E-state index in [4.69, 9.17) is 5.73 Å². The van der Waals surface area contributed by atoms with Gasteiger partial charge in [-0.15, -0.1) is 0 Å². The van der Waals surface area contributed by atoms with E-state index in [0.29, 0.717) is 13.0 Å². The van der Waals surface area contributed by atoms with Crippen LogP contribution in [0.2, 0.25) is 0 Å². The molecule has 2 rings (SSSR count). The lowest BCUT2D eigenvalue weighted by Gasteiger charge is -2.09. The number of sulfonamides is 1. The van der Waals surface area contributed by atoms with Crippen molar-refractivity contribution in [3.05, 3.63) is 47.8 Å². The van der Waals surface area contributed by atoms with Gasteiger partial charge in [0.15, 0.2) is 0 Å². The zero-order chi connectivity index (χ0) is 15.5. The molecule has 0 aliphatic heterocycles. The molecule has 0 bridgehead atoms. The number of nitrogens with zero attached hydrogens (tertiary/aromatic N) is 2. The zero-order valence-electron chi connectivity index (χ0n) is 12.2. The zero-order valence-corrected chi connectivity index (χ0v) is 13.0. The molecule has 1 heterocycles. The molecular formula is C14H20N4O2S. The quantitative estimate of drug-likeness (QED) is 0.831. The molecule has 0 spiro atoms. The fourth-order valence-corrected chi connectivity index (χ4v) is 3.04. The van der Waals surface area contributed by atoms with Crippen LogP contribution in [0.25, 0.3) is 0 Å². The van der Waals surface area contributed by atoms with Gasteiger partial charge >= 0.3 is 0 Å². The van der Waals surface area contributed by atoms with Crippen LogP contribution in [0, 0.1) is 0 Å². The third-order valence-corrected chi connectivity index (χ3v) is 4.59. The van der Waals surface area contributed by atoms with Gasteiger partial charge in [0, 0.05) is 32.3 Å². The number of hydrogen-bond donors (Lipinski definition) is 2. The maximum Gasteiger partial charge on any atom is 0.240 e. The summed E-state index contributed by atoms with van der Waals surface area (Å²) in [6.07, 6.45) is 2.38. The van der Waals surface area contributed by atoms with Gasteiger partial charge in [0.05, 0.1) is 10.6 Å². The van der Waals surface area contributed by atoms with Gasteiger partial charge in [0.1, 0.15) is 0 Å². The van der Waals surface area contributed by atoms with Gasteiger partial charge in [0.2, 0.25) is 10.0 Å². The standard InChI is InChI=1S/C14H20N4O2S/c1-11(15)12-4-3-5-14(10-12)21(19,20)16-8-6-13-7-9-18(2)17-13/h3-5,7,9-11,16H,6,8,15H2,1-2H3. The SMILES string of the molecule is CC(N)c1cccc(S(=O)(=O)NCCc2ccn(C)n2)c1. The highest BCUT2D eigenvalue weighted by molar-refractivity contribution is 7.89. The predicted octanol–water partition coefficient (Wildman–Crippen LogP) is 0.961. The molecule has 114 valence electrons. The van der Waals surface area contributed by atoms with E-state index in [1.54, 1.807) is 22.9 Å². The second-order valence-electron chi connectivity index (χ2n) is 4.99. The highest BCUT2D eigenvalue weighted by Crippen LogP contribution is 2.15. The molecule has 7 heteroatoms. The smallest absolute Gasteiger partial charge is 0.240 e. The number of rotatable bonds is 6. The van der Waals surface area contributed by atoms with Crippen molar-refractivity contribution in [2.75, 3.05) is 6.54 Å². The topological polar surface area (TPSA) is 90.0 Å². The third kappa shape index (κ3) is 4.13. The molecule has 1 atom stereocenters. The molecule has 1 unspecified atom stereocenters. The Morgan fingerprint density at radius 2 is 2.14 bits per heavy atom. The Hall–Kier alpha value is -1.70. The van der Waals surface area contributed by atoms with Crippen molar-refractivity contribution < 1.29 is 8.42 Å². The molecule has 1 aromatic heterocycles. The van der Waals surface area contributed by atoms with Crippen molar-refractivity contribution in [2.24, 2.45) is 12.8 Å². The first kappa shape index (κ1) is 15.7. The summed E-state index contributed by atoms with van der Waals surface area (Å²) in [7, 11) is -1.69. The van der Waals surface area contributed by atoms with Crippen LogP contribution in [0.1, 0.15) is 24.2 Å². The highest BCUT2D eigenvalue weighted by atomic mass is 32.2. The molecule has 0 fully saturated rings. The molecule has 0 radical (unpaired) electrons. The number of hydrogen-bond acceptors (Lipinski definition) is 4. The van der Waals surface area contributed by atoms with E-state index in [-0.39, 0.29) is 10.9 Å². The molecule has 21 heavy (non-hydrogen) atoms. The average Bonchev–Trinajstić information content (AvgIpc) is 2.84. The minimum atomic E-state index is -3.52. The number of nitrogens with one attached hydrogen (secondary N) is 1. The van der Waals surface area contributed by atoms with Gasteiger partial charge in [-0.3, -0.25) is 4.68 Å². The van der Waals surface area contributed by atoms with Crippen LogP contribution in [-0.4, -0.2) is 24.7 Å². The van der Waals surface area contributed by atoms with Gasteiger partial charge in [0.25, 0.3) is 0 Å². The summed E-state index contributed by atoms with van der Waals surface area (Å²) in [5, 5.41) is 4.21. The molecule has 6 nitrogen and oxygen atoms in total. The van der Waals surface area contributed by atoms with Crippen LogP contribution < -0.4 is 10.5 Å². The largest absolute Gasteiger partial charge is 0.324 e. The van der Waals surface area contributed by atoms with Crippen molar-refractivity contribution in [3.63, 3.8) is 0 Å². The maximum absolute atomic E-state index is 12.2. The van der Waals surface area contributed by atoms with E-state index >= 15 is 0 Å². The molecule has 0 saturated carbocycles. The van der Waals surface area contributed by atoms with Crippen LogP contribution >= 0.6 is 0 Å². The van der Waals surface area contributed by atoms with Crippen molar-refractivity contribution in [2.45, 2.75) is 24.3 Å². The van der Waals surface area contributed by atoms with Crippen LogP contribution in [0.15, 0.2) is 41.4 Å². The van der Waals surface area contributed by atoms with E-state index < -0.39 is 10.0 Å². The lowest BCUT2D eigenvalue weighted by atomic mass is 10.1. The Bertz CT molecular complexity index is 707. The van der Waals surface area contributed by atoms with E-state index in [1.165, 1.54) is 0 Å². The fraction of sp³-hybridized carbons (Fsp3) is 0.357. The minimum Gasteiger partial charge on any atom is -0.324 e. The number of aryl methyl sites for hydroxylation is 1. The van der Waals surface area contributed by atoms with E-state index in [1.807, 2.05) is 32.3 Å². The van der Waals surface area contributed by atoms with Crippen LogP contribution in [0.3, 0.4) is 0 Å². The molecule has 0 aliphatic carbocycles. The van der Waals surface area contributed by atoms with Crippen molar-refractivity contribution >= 4 is 10.0 Å². The van der Waals surface area contributed by atoms with Gasteiger partial charge in [-0.2, -0.15) is 5.10 Å². The fourth-order valence-electron chi connectivity index (χ4n) is 1.96. The van der Waals surface area contributed by atoms with Gasteiger partial charge in [-0.1, -0.05) is 12.1 Å². The first-order valence-corrected chi connectivity index (χ1v) is 8.20. The number of nitrogens with two attached hydrogens (primary N) is 1. The number of benzene rings is 1. The highest BCUT2D eigenvalue weighted by Gasteiger charge is 2.14. The Kier molecular flexibility index (Phi) is 4.76. The molecule has 1 aromatic carbocycles. The Labute approximate surface area is 125 Å².